The molecular weight excluding hydrogens is 169 g/mol. The van der Waals surface area contributed by atoms with Crippen LogP contribution < -0.4 is 5.73 Å². The van der Waals surface area contributed by atoms with Gasteiger partial charge < -0.3 is 10.8 Å². The van der Waals surface area contributed by atoms with Gasteiger partial charge in [0.2, 0.25) is 0 Å². The Hall–Kier alpha value is -1.09. The van der Waals surface area contributed by atoms with Crippen LogP contribution in [0.2, 0.25) is 0 Å². The van der Waals surface area contributed by atoms with Gasteiger partial charge in [-0.25, -0.2) is 4.39 Å². The summed E-state index contributed by atoms with van der Waals surface area (Å²) in [6, 6.07) is 4.12. The molecule has 1 saturated carbocycles. The lowest BCUT2D eigenvalue weighted by molar-refractivity contribution is 0.154. The van der Waals surface area contributed by atoms with Gasteiger partial charge in [-0.1, -0.05) is 0 Å². The first-order chi connectivity index (χ1) is 6.18. The zero-order chi connectivity index (χ0) is 9.42. The van der Waals surface area contributed by atoms with Gasteiger partial charge in [-0.05, 0) is 37.0 Å². The van der Waals surface area contributed by atoms with Crippen LogP contribution in [0.1, 0.15) is 24.5 Å². The van der Waals surface area contributed by atoms with Gasteiger partial charge in [-0.2, -0.15) is 0 Å². The minimum absolute atomic E-state index is 0.282. The van der Waals surface area contributed by atoms with E-state index in [4.69, 9.17) is 5.73 Å². The molecule has 1 aromatic rings. The Bertz CT molecular complexity index is 323. The first-order valence-electron chi connectivity index (χ1n) is 4.41. The molecular formula is C10H12FNO. The predicted octanol–water partition coefficient (Wildman–Crippen LogP) is 1.85. The Morgan fingerprint density at radius 2 is 2.15 bits per heavy atom. The molecule has 0 spiro atoms. The van der Waals surface area contributed by atoms with Crippen molar-refractivity contribution in [2.75, 3.05) is 5.73 Å². The Labute approximate surface area is 76.2 Å². The summed E-state index contributed by atoms with van der Waals surface area (Å²) in [6.07, 6.45) is 1.43. The number of aliphatic hydroxyl groups is 1. The topological polar surface area (TPSA) is 46.2 Å². The summed E-state index contributed by atoms with van der Waals surface area (Å²) < 4.78 is 12.8. The highest BCUT2D eigenvalue weighted by molar-refractivity contribution is 5.48. The van der Waals surface area contributed by atoms with Crippen molar-refractivity contribution >= 4 is 5.69 Å². The van der Waals surface area contributed by atoms with Gasteiger partial charge in [0.05, 0.1) is 6.10 Å². The van der Waals surface area contributed by atoms with Crippen LogP contribution in [0, 0.1) is 11.7 Å². The summed E-state index contributed by atoms with van der Waals surface area (Å²) in [5.74, 6) is -0.0620. The molecule has 3 N–H and O–H groups in total. The van der Waals surface area contributed by atoms with Crippen molar-refractivity contribution in [1.82, 2.24) is 0 Å². The van der Waals surface area contributed by atoms with E-state index in [2.05, 4.69) is 0 Å². The van der Waals surface area contributed by atoms with Crippen LogP contribution >= 0.6 is 0 Å². The molecule has 1 aromatic carbocycles. The van der Waals surface area contributed by atoms with Crippen molar-refractivity contribution in [1.29, 1.82) is 0 Å². The number of aliphatic hydroxyl groups excluding tert-OH is 1. The summed E-state index contributed by atoms with van der Waals surface area (Å²) in [5, 5.41) is 9.72. The number of hydrogen-bond donors (Lipinski definition) is 2. The third kappa shape index (κ3) is 1.65. The second kappa shape index (κ2) is 3.00. The molecule has 0 heterocycles. The van der Waals surface area contributed by atoms with Crippen molar-refractivity contribution in [3.05, 3.63) is 29.6 Å². The highest BCUT2D eigenvalue weighted by Gasteiger charge is 2.31. The number of benzene rings is 1. The molecule has 2 rings (SSSR count). The maximum atomic E-state index is 12.8. The molecule has 0 bridgehead atoms. The minimum Gasteiger partial charge on any atom is -0.398 e. The number of anilines is 1. The van der Waals surface area contributed by atoms with E-state index in [0.717, 1.165) is 12.8 Å². The van der Waals surface area contributed by atoms with E-state index in [-0.39, 0.29) is 11.7 Å². The standard InChI is InChI=1S/C10H12FNO/c11-7-3-4-9(12)8(5-7)10(13)6-1-2-6/h3-6,10,13H,1-2,12H2. The molecule has 1 aliphatic carbocycles. The van der Waals surface area contributed by atoms with Crippen LogP contribution in [0.25, 0.3) is 0 Å². The molecule has 0 radical (unpaired) electrons. The van der Waals surface area contributed by atoms with Crippen LogP contribution in [0.3, 0.4) is 0 Å². The summed E-state index contributed by atoms with van der Waals surface area (Å²) in [6.45, 7) is 0. The van der Waals surface area contributed by atoms with Crippen LogP contribution in [-0.4, -0.2) is 5.11 Å². The maximum absolute atomic E-state index is 12.8. The van der Waals surface area contributed by atoms with Gasteiger partial charge >= 0.3 is 0 Å². The molecule has 0 aromatic heterocycles. The maximum Gasteiger partial charge on any atom is 0.123 e. The molecule has 2 nitrogen and oxygen atoms in total. The van der Waals surface area contributed by atoms with Gasteiger partial charge in [0.25, 0.3) is 0 Å². The molecule has 3 heteroatoms. The first-order valence-corrected chi connectivity index (χ1v) is 4.41. The Kier molecular flexibility index (Phi) is 1.96. The zero-order valence-corrected chi connectivity index (χ0v) is 7.20. The van der Waals surface area contributed by atoms with Gasteiger partial charge in [0.15, 0.2) is 0 Å². The van der Waals surface area contributed by atoms with E-state index in [1.54, 1.807) is 0 Å². The number of hydrogen-bond acceptors (Lipinski definition) is 2. The second-order valence-corrected chi connectivity index (χ2v) is 3.56. The van der Waals surface area contributed by atoms with Crippen LogP contribution in [0.5, 0.6) is 0 Å². The summed E-state index contributed by atoms with van der Waals surface area (Å²) in [7, 11) is 0. The fraction of sp³-hybridized carbons (Fsp3) is 0.400. The summed E-state index contributed by atoms with van der Waals surface area (Å²) >= 11 is 0. The predicted molar refractivity (Wildman–Crippen MR) is 48.5 cm³/mol. The Morgan fingerprint density at radius 3 is 2.77 bits per heavy atom. The monoisotopic (exact) mass is 181 g/mol. The normalized spacial score (nSPS) is 18.6. The average molecular weight is 181 g/mol. The largest absolute Gasteiger partial charge is 0.398 e. The molecule has 70 valence electrons. The molecule has 1 aliphatic rings. The van der Waals surface area contributed by atoms with Crippen LogP contribution in [0.4, 0.5) is 10.1 Å². The molecule has 1 atom stereocenters. The lowest BCUT2D eigenvalue weighted by Crippen LogP contribution is -2.04. The molecule has 0 saturated heterocycles. The van der Waals surface area contributed by atoms with E-state index in [9.17, 15) is 9.50 Å². The van der Waals surface area contributed by atoms with Gasteiger partial charge in [0, 0.05) is 11.3 Å². The lowest BCUT2D eigenvalue weighted by Gasteiger charge is -2.11. The van der Waals surface area contributed by atoms with Crippen molar-refractivity contribution in [2.45, 2.75) is 18.9 Å². The molecule has 13 heavy (non-hydrogen) atoms. The highest BCUT2D eigenvalue weighted by Crippen LogP contribution is 2.42. The third-order valence-corrected chi connectivity index (χ3v) is 2.44. The second-order valence-electron chi connectivity index (χ2n) is 3.56. The quantitative estimate of drug-likeness (QED) is 0.684. The number of rotatable bonds is 2. The van der Waals surface area contributed by atoms with Crippen molar-refractivity contribution < 1.29 is 9.50 Å². The van der Waals surface area contributed by atoms with Gasteiger partial charge in [-0.3, -0.25) is 0 Å². The van der Waals surface area contributed by atoms with Crippen LogP contribution in [-0.2, 0) is 0 Å². The Morgan fingerprint density at radius 1 is 1.46 bits per heavy atom. The molecule has 0 aliphatic heterocycles. The zero-order valence-electron chi connectivity index (χ0n) is 7.20. The van der Waals surface area contributed by atoms with E-state index >= 15 is 0 Å². The SMILES string of the molecule is Nc1ccc(F)cc1C(O)C1CC1. The van der Waals surface area contributed by atoms with Crippen molar-refractivity contribution in [3.8, 4) is 0 Å². The van der Waals surface area contributed by atoms with Crippen molar-refractivity contribution in [2.24, 2.45) is 5.92 Å². The molecule has 1 unspecified atom stereocenters. The number of nitrogens with two attached hydrogens (primary N) is 1. The van der Waals surface area contributed by atoms with Gasteiger partial charge in [0.1, 0.15) is 5.82 Å². The first kappa shape index (κ1) is 8.51. The van der Waals surface area contributed by atoms with Gasteiger partial charge in [-0.15, -0.1) is 0 Å². The lowest BCUT2D eigenvalue weighted by atomic mass is 10.0. The number of halogens is 1. The molecule has 0 amide bonds. The third-order valence-electron chi connectivity index (χ3n) is 2.44. The fourth-order valence-corrected chi connectivity index (χ4v) is 1.47. The average Bonchev–Trinajstić information content (AvgIpc) is 2.91. The van der Waals surface area contributed by atoms with E-state index < -0.39 is 6.10 Å². The smallest absolute Gasteiger partial charge is 0.123 e. The van der Waals surface area contributed by atoms with E-state index in [0.29, 0.717) is 11.3 Å². The number of nitrogen functional groups attached to an aromatic ring is 1. The van der Waals surface area contributed by atoms with E-state index in [1.807, 2.05) is 0 Å². The Balaban J connectivity index is 2.31. The minimum atomic E-state index is -0.587. The van der Waals surface area contributed by atoms with Crippen LogP contribution in [0.15, 0.2) is 18.2 Å². The van der Waals surface area contributed by atoms with E-state index in [1.165, 1.54) is 18.2 Å². The van der Waals surface area contributed by atoms with Crippen molar-refractivity contribution in [3.63, 3.8) is 0 Å². The summed E-state index contributed by atoms with van der Waals surface area (Å²) in [5.41, 5.74) is 6.63. The highest BCUT2D eigenvalue weighted by atomic mass is 19.1. The summed E-state index contributed by atoms with van der Waals surface area (Å²) in [4.78, 5) is 0. The molecule has 1 fully saturated rings. The fourth-order valence-electron chi connectivity index (χ4n) is 1.47.